The summed E-state index contributed by atoms with van der Waals surface area (Å²) in [5, 5.41) is 0.714. The lowest BCUT2D eigenvalue weighted by atomic mass is 10.2. The van der Waals surface area contributed by atoms with Crippen molar-refractivity contribution in [1.29, 1.82) is 0 Å². The van der Waals surface area contributed by atoms with Crippen molar-refractivity contribution in [2.24, 2.45) is 0 Å². The van der Waals surface area contributed by atoms with Crippen molar-refractivity contribution < 1.29 is 4.39 Å². The first kappa shape index (κ1) is 17.1. The van der Waals surface area contributed by atoms with Gasteiger partial charge in [-0.25, -0.2) is 9.37 Å². The number of nitrogens with zero attached hydrogens (tertiary/aromatic N) is 4. The second kappa shape index (κ2) is 7.48. The van der Waals surface area contributed by atoms with Gasteiger partial charge in [0.2, 0.25) is 5.95 Å². The summed E-state index contributed by atoms with van der Waals surface area (Å²) in [7, 11) is 0. The molecule has 0 bridgehead atoms. The lowest BCUT2D eigenvalue weighted by molar-refractivity contribution is 0.248. The number of hydrogen-bond acceptors (Lipinski definition) is 3. The van der Waals surface area contributed by atoms with E-state index in [1.165, 1.54) is 12.1 Å². The summed E-state index contributed by atoms with van der Waals surface area (Å²) < 4.78 is 15.1. The molecule has 2 aromatic carbocycles. The van der Waals surface area contributed by atoms with Gasteiger partial charge in [0.05, 0.1) is 0 Å². The van der Waals surface area contributed by atoms with Crippen molar-refractivity contribution in [3.05, 3.63) is 77.3 Å². The zero-order chi connectivity index (χ0) is 17.9. The third-order valence-corrected chi connectivity index (χ3v) is 4.92. The maximum absolute atomic E-state index is 13.0. The molecule has 0 spiro atoms. The highest BCUT2D eigenvalue weighted by atomic mass is 35.5. The minimum atomic E-state index is -0.188. The van der Waals surface area contributed by atoms with Gasteiger partial charge in [0, 0.05) is 55.8 Å². The minimum Gasteiger partial charge on any atom is -0.339 e. The molecule has 4 rings (SSSR count). The summed E-state index contributed by atoms with van der Waals surface area (Å²) in [6.07, 6.45) is 3.78. The van der Waals surface area contributed by atoms with Crippen molar-refractivity contribution >= 4 is 17.5 Å². The molecule has 1 aliphatic heterocycles. The molecule has 1 aromatic heterocycles. The molecule has 3 aromatic rings. The Bertz CT molecular complexity index is 870. The molecule has 1 saturated heterocycles. The fourth-order valence-electron chi connectivity index (χ4n) is 3.31. The van der Waals surface area contributed by atoms with E-state index < -0.39 is 0 Å². The van der Waals surface area contributed by atoms with Gasteiger partial charge >= 0.3 is 0 Å². The lowest BCUT2D eigenvalue weighted by Crippen LogP contribution is -2.46. The molecule has 1 fully saturated rings. The Morgan fingerprint density at radius 1 is 1.00 bits per heavy atom. The van der Waals surface area contributed by atoms with Crippen LogP contribution in [-0.2, 0) is 6.54 Å². The van der Waals surface area contributed by atoms with Crippen LogP contribution in [0.2, 0.25) is 5.02 Å². The second-order valence-corrected chi connectivity index (χ2v) is 6.90. The fraction of sp³-hybridized carbons (Fsp3) is 0.250. The Hall–Kier alpha value is -2.37. The largest absolute Gasteiger partial charge is 0.339 e. The van der Waals surface area contributed by atoms with E-state index in [9.17, 15) is 4.39 Å². The molecular formula is C20H20ClFN4. The van der Waals surface area contributed by atoms with Crippen LogP contribution in [0, 0.1) is 5.82 Å². The zero-order valence-electron chi connectivity index (χ0n) is 14.4. The third kappa shape index (κ3) is 3.74. The molecule has 0 radical (unpaired) electrons. The van der Waals surface area contributed by atoms with Gasteiger partial charge < -0.3 is 4.90 Å². The van der Waals surface area contributed by atoms with Crippen molar-refractivity contribution in [2.75, 3.05) is 31.1 Å². The summed E-state index contributed by atoms with van der Waals surface area (Å²) in [6, 6.07) is 14.5. The van der Waals surface area contributed by atoms with E-state index in [1.807, 2.05) is 48.8 Å². The zero-order valence-corrected chi connectivity index (χ0v) is 15.1. The normalized spacial score (nSPS) is 15.4. The van der Waals surface area contributed by atoms with Crippen LogP contribution in [-0.4, -0.2) is 40.6 Å². The van der Waals surface area contributed by atoms with E-state index >= 15 is 0 Å². The van der Waals surface area contributed by atoms with Crippen LogP contribution in [0.25, 0.3) is 5.69 Å². The Balaban J connectivity index is 1.42. The topological polar surface area (TPSA) is 24.3 Å². The molecule has 26 heavy (non-hydrogen) atoms. The van der Waals surface area contributed by atoms with Crippen LogP contribution >= 0.6 is 11.6 Å². The highest BCUT2D eigenvalue weighted by molar-refractivity contribution is 6.30. The van der Waals surface area contributed by atoms with Gasteiger partial charge in [0.25, 0.3) is 0 Å². The molecule has 0 amide bonds. The molecule has 0 atom stereocenters. The number of piperazine rings is 1. The lowest BCUT2D eigenvalue weighted by Gasteiger charge is -2.35. The monoisotopic (exact) mass is 370 g/mol. The number of aromatic nitrogens is 2. The number of rotatable bonds is 4. The minimum absolute atomic E-state index is 0.188. The predicted octanol–water partition coefficient (Wildman–Crippen LogP) is 3.99. The molecule has 134 valence electrons. The highest BCUT2D eigenvalue weighted by Gasteiger charge is 2.21. The summed E-state index contributed by atoms with van der Waals surface area (Å²) in [5.41, 5.74) is 2.15. The molecule has 4 nitrogen and oxygen atoms in total. The van der Waals surface area contributed by atoms with Gasteiger partial charge in [-0.05, 0) is 35.9 Å². The molecule has 0 unspecified atom stereocenters. The van der Waals surface area contributed by atoms with Gasteiger partial charge in [0.15, 0.2) is 0 Å². The van der Waals surface area contributed by atoms with Crippen molar-refractivity contribution in [3.8, 4) is 5.69 Å². The average Bonchev–Trinajstić information content (AvgIpc) is 3.14. The van der Waals surface area contributed by atoms with Gasteiger partial charge in [-0.3, -0.25) is 9.47 Å². The number of hydrogen-bond donors (Lipinski definition) is 0. The summed E-state index contributed by atoms with van der Waals surface area (Å²) >= 11 is 6.13. The van der Waals surface area contributed by atoms with Gasteiger partial charge in [-0.1, -0.05) is 29.8 Å². The number of imidazole rings is 1. The quantitative estimate of drug-likeness (QED) is 0.694. The van der Waals surface area contributed by atoms with E-state index in [1.54, 1.807) is 0 Å². The van der Waals surface area contributed by atoms with Crippen LogP contribution in [0.15, 0.2) is 60.9 Å². The summed E-state index contributed by atoms with van der Waals surface area (Å²) in [5.74, 6) is 0.750. The molecule has 0 aliphatic carbocycles. The molecule has 6 heteroatoms. The average molecular weight is 371 g/mol. The van der Waals surface area contributed by atoms with Gasteiger partial charge in [0.1, 0.15) is 5.82 Å². The van der Waals surface area contributed by atoms with Crippen LogP contribution in [0.4, 0.5) is 10.3 Å². The van der Waals surface area contributed by atoms with Crippen LogP contribution < -0.4 is 4.90 Å². The summed E-state index contributed by atoms with van der Waals surface area (Å²) in [6.45, 7) is 4.54. The second-order valence-electron chi connectivity index (χ2n) is 6.47. The molecule has 0 N–H and O–H groups in total. The van der Waals surface area contributed by atoms with E-state index in [0.29, 0.717) is 5.02 Å². The van der Waals surface area contributed by atoms with Crippen LogP contribution in [0.3, 0.4) is 0 Å². The molecular weight excluding hydrogens is 351 g/mol. The number of benzene rings is 2. The summed E-state index contributed by atoms with van der Waals surface area (Å²) in [4.78, 5) is 9.23. The van der Waals surface area contributed by atoms with Gasteiger partial charge in [-0.2, -0.15) is 0 Å². The standard InChI is InChI=1S/C20H20ClFN4/c21-17-2-1-3-19(14-17)26-9-8-23-20(26)25-12-10-24(11-13-25)15-16-4-6-18(22)7-5-16/h1-9,14H,10-13,15H2. The molecule has 0 saturated carbocycles. The number of halogens is 2. The van der Waals surface area contributed by atoms with E-state index in [2.05, 4.69) is 19.4 Å². The van der Waals surface area contributed by atoms with Crippen LogP contribution in [0.1, 0.15) is 5.56 Å². The fourth-order valence-corrected chi connectivity index (χ4v) is 3.50. The van der Waals surface area contributed by atoms with E-state index in [-0.39, 0.29) is 5.82 Å². The Morgan fingerprint density at radius 3 is 2.50 bits per heavy atom. The first-order valence-corrected chi connectivity index (χ1v) is 9.08. The predicted molar refractivity (Wildman–Crippen MR) is 102 cm³/mol. The van der Waals surface area contributed by atoms with E-state index in [4.69, 9.17) is 11.6 Å². The van der Waals surface area contributed by atoms with Crippen molar-refractivity contribution in [3.63, 3.8) is 0 Å². The van der Waals surface area contributed by atoms with Crippen molar-refractivity contribution in [1.82, 2.24) is 14.5 Å². The number of anilines is 1. The Morgan fingerprint density at radius 2 is 1.77 bits per heavy atom. The van der Waals surface area contributed by atoms with Crippen molar-refractivity contribution in [2.45, 2.75) is 6.54 Å². The Kier molecular flexibility index (Phi) is 4.91. The first-order valence-electron chi connectivity index (χ1n) is 8.70. The third-order valence-electron chi connectivity index (χ3n) is 4.68. The Labute approximate surface area is 157 Å². The van der Waals surface area contributed by atoms with Crippen LogP contribution in [0.5, 0.6) is 0 Å². The SMILES string of the molecule is Fc1ccc(CN2CCN(c3nccn3-c3cccc(Cl)c3)CC2)cc1. The van der Waals surface area contributed by atoms with E-state index in [0.717, 1.165) is 49.9 Å². The maximum atomic E-state index is 13.0. The highest BCUT2D eigenvalue weighted by Crippen LogP contribution is 2.22. The molecule has 1 aliphatic rings. The first-order chi connectivity index (χ1) is 12.7. The smallest absolute Gasteiger partial charge is 0.210 e. The molecule has 2 heterocycles. The maximum Gasteiger partial charge on any atom is 0.210 e. The van der Waals surface area contributed by atoms with Gasteiger partial charge in [-0.15, -0.1) is 0 Å².